The highest BCUT2D eigenvalue weighted by Crippen LogP contribution is 2.41. The molecule has 4 nitrogen and oxygen atoms in total. The first-order chi connectivity index (χ1) is 12.4. The number of rotatable bonds is 2. The highest BCUT2D eigenvalue weighted by molar-refractivity contribution is 7.99. The highest BCUT2D eigenvalue weighted by atomic mass is 32.2. The minimum Gasteiger partial charge on any atom is -0.454 e. The minimum absolute atomic E-state index is 0.111. The highest BCUT2D eigenvalue weighted by Gasteiger charge is 2.35. The number of hydrogen-bond acceptors (Lipinski definition) is 4. The number of carbonyl (C=O) groups excluding carboxylic acids is 1. The van der Waals surface area contributed by atoms with Gasteiger partial charge in [0.15, 0.2) is 11.5 Å². The Hall–Kier alpha value is -2.35. The summed E-state index contributed by atoms with van der Waals surface area (Å²) in [7, 11) is 0. The molecule has 1 saturated heterocycles. The van der Waals surface area contributed by atoms with Gasteiger partial charge in [0, 0.05) is 17.9 Å². The van der Waals surface area contributed by atoms with Crippen LogP contribution in [0.2, 0.25) is 0 Å². The third kappa shape index (κ3) is 3.09. The van der Waals surface area contributed by atoms with Crippen LogP contribution in [0.15, 0.2) is 42.5 Å². The van der Waals surface area contributed by atoms with Crippen LogP contribution in [0.1, 0.15) is 26.9 Å². The Bertz CT molecular complexity index is 856. The topological polar surface area (TPSA) is 38.8 Å². The van der Waals surface area contributed by atoms with E-state index < -0.39 is 17.1 Å². The van der Waals surface area contributed by atoms with E-state index in [9.17, 15) is 18.0 Å². The summed E-state index contributed by atoms with van der Waals surface area (Å²) >= 11 is 1.45. The van der Waals surface area contributed by atoms with Crippen molar-refractivity contribution in [2.45, 2.75) is 11.6 Å². The van der Waals surface area contributed by atoms with E-state index in [4.69, 9.17) is 9.47 Å². The molecule has 1 atom stereocenters. The molecule has 4 rings (SSSR count). The summed E-state index contributed by atoms with van der Waals surface area (Å²) in [5.41, 5.74) is 0.183. The van der Waals surface area contributed by atoms with Gasteiger partial charge in [-0.15, -0.1) is 11.8 Å². The first-order valence-corrected chi connectivity index (χ1v) is 8.98. The average molecular weight is 381 g/mol. The van der Waals surface area contributed by atoms with Crippen molar-refractivity contribution in [3.05, 3.63) is 59.2 Å². The van der Waals surface area contributed by atoms with E-state index in [-0.39, 0.29) is 12.7 Å². The van der Waals surface area contributed by atoms with Crippen LogP contribution in [0.25, 0.3) is 0 Å². The quantitative estimate of drug-likeness (QED) is 0.777. The van der Waals surface area contributed by atoms with Gasteiger partial charge >= 0.3 is 6.18 Å². The molecule has 1 fully saturated rings. The maximum absolute atomic E-state index is 13.0. The molecule has 0 saturated carbocycles. The zero-order chi connectivity index (χ0) is 18.3. The second-order valence-corrected chi connectivity index (χ2v) is 7.10. The van der Waals surface area contributed by atoms with Crippen LogP contribution in [0.5, 0.6) is 11.5 Å². The number of alkyl halides is 3. The molecule has 0 bridgehead atoms. The van der Waals surface area contributed by atoms with Crippen molar-refractivity contribution in [3.63, 3.8) is 0 Å². The Morgan fingerprint density at radius 2 is 1.92 bits per heavy atom. The van der Waals surface area contributed by atoms with Gasteiger partial charge in [-0.05, 0) is 35.9 Å². The van der Waals surface area contributed by atoms with E-state index in [0.717, 1.165) is 12.1 Å². The Morgan fingerprint density at radius 1 is 1.12 bits per heavy atom. The summed E-state index contributed by atoms with van der Waals surface area (Å²) in [6.07, 6.45) is -4.41. The van der Waals surface area contributed by atoms with Crippen molar-refractivity contribution in [2.24, 2.45) is 0 Å². The maximum Gasteiger partial charge on any atom is 0.416 e. The SMILES string of the molecule is O=C(c1ccc2c(c1)OCO2)N1CCSC1c1cccc(C(F)(F)F)c1. The van der Waals surface area contributed by atoms with Gasteiger partial charge in [0.1, 0.15) is 5.37 Å². The van der Waals surface area contributed by atoms with E-state index in [0.29, 0.717) is 34.9 Å². The number of benzene rings is 2. The van der Waals surface area contributed by atoms with Crippen LogP contribution in [-0.2, 0) is 6.18 Å². The van der Waals surface area contributed by atoms with Crippen molar-refractivity contribution in [3.8, 4) is 11.5 Å². The number of fused-ring (bicyclic) bond motifs is 1. The number of halogens is 3. The Balaban J connectivity index is 1.62. The summed E-state index contributed by atoms with van der Waals surface area (Å²) in [6.45, 7) is 0.582. The van der Waals surface area contributed by atoms with Crippen LogP contribution < -0.4 is 9.47 Å². The largest absolute Gasteiger partial charge is 0.454 e. The molecule has 0 N–H and O–H groups in total. The van der Waals surface area contributed by atoms with Gasteiger partial charge < -0.3 is 14.4 Å². The van der Waals surface area contributed by atoms with Crippen molar-refractivity contribution >= 4 is 17.7 Å². The molecule has 2 aromatic rings. The molecule has 0 radical (unpaired) electrons. The predicted octanol–water partition coefficient (Wildman–Crippen LogP) is 4.32. The van der Waals surface area contributed by atoms with E-state index in [2.05, 4.69) is 0 Å². The van der Waals surface area contributed by atoms with Crippen LogP contribution >= 0.6 is 11.8 Å². The lowest BCUT2D eigenvalue weighted by Gasteiger charge is -2.25. The number of ether oxygens (including phenoxy) is 2. The summed E-state index contributed by atoms with van der Waals surface area (Å²) in [5, 5.41) is -0.449. The predicted molar refractivity (Wildman–Crippen MR) is 90.2 cm³/mol. The molecule has 0 spiro atoms. The molecule has 1 amide bonds. The molecule has 26 heavy (non-hydrogen) atoms. The van der Waals surface area contributed by atoms with Gasteiger partial charge in [-0.25, -0.2) is 0 Å². The Kier molecular flexibility index (Phi) is 4.22. The molecule has 2 heterocycles. The smallest absolute Gasteiger partial charge is 0.416 e. The monoisotopic (exact) mass is 381 g/mol. The van der Waals surface area contributed by atoms with E-state index in [1.807, 2.05) is 0 Å². The van der Waals surface area contributed by atoms with Gasteiger partial charge in [-0.1, -0.05) is 12.1 Å². The van der Waals surface area contributed by atoms with Gasteiger partial charge in [-0.3, -0.25) is 4.79 Å². The van der Waals surface area contributed by atoms with Crippen molar-refractivity contribution in [2.75, 3.05) is 19.1 Å². The number of amides is 1. The lowest BCUT2D eigenvalue weighted by atomic mass is 10.1. The fourth-order valence-electron chi connectivity index (χ4n) is 3.02. The molecular weight excluding hydrogens is 367 g/mol. The van der Waals surface area contributed by atoms with Crippen molar-refractivity contribution in [1.82, 2.24) is 4.90 Å². The number of hydrogen-bond donors (Lipinski definition) is 0. The first kappa shape index (κ1) is 17.1. The number of nitrogens with zero attached hydrogens (tertiary/aromatic N) is 1. The van der Waals surface area contributed by atoms with Crippen molar-refractivity contribution in [1.29, 1.82) is 0 Å². The van der Waals surface area contributed by atoms with Gasteiger partial charge in [-0.2, -0.15) is 13.2 Å². The van der Waals surface area contributed by atoms with Crippen molar-refractivity contribution < 1.29 is 27.4 Å². The second kappa shape index (κ2) is 6.42. The first-order valence-electron chi connectivity index (χ1n) is 7.93. The van der Waals surface area contributed by atoms with Crippen LogP contribution in [-0.4, -0.2) is 29.9 Å². The molecule has 0 aliphatic carbocycles. The zero-order valence-corrected chi connectivity index (χ0v) is 14.3. The third-order valence-corrected chi connectivity index (χ3v) is 5.53. The van der Waals surface area contributed by atoms with Crippen LogP contribution in [0.4, 0.5) is 13.2 Å². The lowest BCUT2D eigenvalue weighted by Crippen LogP contribution is -2.30. The van der Waals surface area contributed by atoms with E-state index in [1.165, 1.54) is 17.8 Å². The summed E-state index contributed by atoms with van der Waals surface area (Å²) in [4.78, 5) is 14.5. The summed E-state index contributed by atoms with van der Waals surface area (Å²) in [6, 6.07) is 10.1. The van der Waals surface area contributed by atoms with E-state index >= 15 is 0 Å². The van der Waals surface area contributed by atoms with E-state index in [1.54, 1.807) is 29.2 Å². The summed E-state index contributed by atoms with van der Waals surface area (Å²) in [5.74, 6) is 1.50. The molecular formula is C18H14F3NO3S. The molecule has 8 heteroatoms. The standard InChI is InChI=1S/C18H14F3NO3S/c19-18(20,21)13-3-1-2-12(8-13)17-22(6-7-26-17)16(23)11-4-5-14-15(9-11)25-10-24-14/h1-5,8-9,17H,6-7,10H2. The molecule has 2 aromatic carbocycles. The second-order valence-electron chi connectivity index (χ2n) is 5.91. The number of thioether (sulfide) groups is 1. The number of carbonyl (C=O) groups is 1. The summed E-state index contributed by atoms with van der Waals surface area (Å²) < 4.78 is 49.5. The van der Waals surface area contributed by atoms with Gasteiger partial charge in [0.2, 0.25) is 6.79 Å². The minimum atomic E-state index is -4.41. The lowest BCUT2D eigenvalue weighted by molar-refractivity contribution is -0.137. The zero-order valence-electron chi connectivity index (χ0n) is 13.5. The van der Waals surface area contributed by atoms with Crippen LogP contribution in [0.3, 0.4) is 0 Å². The maximum atomic E-state index is 13.0. The molecule has 0 aromatic heterocycles. The average Bonchev–Trinajstić information content (AvgIpc) is 3.29. The van der Waals surface area contributed by atoms with Gasteiger partial charge in [0.05, 0.1) is 5.56 Å². The molecule has 136 valence electrons. The van der Waals surface area contributed by atoms with Gasteiger partial charge in [0.25, 0.3) is 5.91 Å². The molecule has 1 unspecified atom stereocenters. The third-order valence-electron chi connectivity index (χ3n) is 4.27. The fraction of sp³-hybridized carbons (Fsp3) is 0.278. The molecule has 2 aliphatic heterocycles. The molecule has 2 aliphatic rings. The normalized spacial score (nSPS) is 19.0. The van der Waals surface area contributed by atoms with Crippen LogP contribution in [0, 0.1) is 0 Å². The fourth-order valence-corrected chi connectivity index (χ4v) is 4.26. The Labute approximate surface area is 151 Å². The Morgan fingerprint density at radius 3 is 2.73 bits per heavy atom.